The number of imide groups is 1. The van der Waals surface area contributed by atoms with Gasteiger partial charge in [-0.15, -0.1) is 0 Å². The molecule has 0 radical (unpaired) electrons. The first-order valence-corrected chi connectivity index (χ1v) is 9.28. The van der Waals surface area contributed by atoms with Gasteiger partial charge >= 0.3 is 18.0 Å². The highest BCUT2D eigenvalue weighted by atomic mass is 35.5. The van der Waals surface area contributed by atoms with E-state index in [1.165, 1.54) is 50.4 Å². The molecule has 1 saturated heterocycles. The van der Waals surface area contributed by atoms with E-state index in [9.17, 15) is 19.2 Å². The van der Waals surface area contributed by atoms with Crippen LogP contribution in [0.1, 0.15) is 28.8 Å². The number of hydrogen-bond acceptors (Lipinski definition) is 7. The number of carboxylic acids is 1. The minimum atomic E-state index is -1.17. The van der Waals surface area contributed by atoms with E-state index in [0.717, 1.165) is 4.90 Å². The van der Waals surface area contributed by atoms with Crippen LogP contribution in [0.5, 0.6) is 5.75 Å². The number of nitrogens with zero attached hydrogens (tertiary/aromatic N) is 1. The van der Waals surface area contributed by atoms with E-state index in [-0.39, 0.29) is 29.5 Å². The van der Waals surface area contributed by atoms with Gasteiger partial charge in [-0.3, -0.25) is 9.69 Å². The molecule has 0 bridgehead atoms. The first-order chi connectivity index (χ1) is 14.7. The van der Waals surface area contributed by atoms with Crippen molar-refractivity contribution in [2.45, 2.75) is 19.6 Å². The average molecular weight is 449 g/mol. The zero-order valence-electron chi connectivity index (χ0n) is 16.4. The lowest BCUT2D eigenvalue weighted by Gasteiger charge is -2.13. The van der Waals surface area contributed by atoms with Crippen LogP contribution < -0.4 is 10.1 Å². The van der Waals surface area contributed by atoms with Crippen molar-refractivity contribution in [1.82, 2.24) is 10.2 Å². The van der Waals surface area contributed by atoms with Crippen LogP contribution in [-0.4, -0.2) is 47.1 Å². The Labute approximate surface area is 181 Å². The van der Waals surface area contributed by atoms with Crippen molar-refractivity contribution in [1.29, 1.82) is 0 Å². The Morgan fingerprint density at radius 1 is 1.29 bits per heavy atom. The van der Waals surface area contributed by atoms with E-state index in [1.807, 2.05) is 0 Å². The average Bonchev–Trinajstić information content (AvgIpc) is 3.30. The molecule has 10 nitrogen and oxygen atoms in total. The number of benzene rings is 1. The van der Waals surface area contributed by atoms with Crippen LogP contribution in [0.15, 0.2) is 40.4 Å². The van der Waals surface area contributed by atoms with Gasteiger partial charge in [-0.2, -0.15) is 0 Å². The molecule has 2 heterocycles. The molecule has 3 amide bonds. The van der Waals surface area contributed by atoms with Crippen molar-refractivity contribution in [2.24, 2.45) is 0 Å². The molecule has 1 aliphatic heterocycles. The van der Waals surface area contributed by atoms with Crippen molar-refractivity contribution >= 4 is 41.6 Å². The van der Waals surface area contributed by atoms with Crippen LogP contribution in [-0.2, 0) is 20.9 Å². The lowest BCUT2D eigenvalue weighted by atomic mass is 10.1. The Morgan fingerprint density at radius 3 is 2.71 bits per heavy atom. The number of carbonyl (C=O) groups excluding carboxylic acids is 3. The number of esters is 1. The van der Waals surface area contributed by atoms with Crippen molar-refractivity contribution in [3.8, 4) is 5.75 Å². The second-order valence-corrected chi connectivity index (χ2v) is 6.85. The predicted molar refractivity (Wildman–Crippen MR) is 106 cm³/mol. The number of rotatable bonds is 7. The smallest absolute Gasteiger partial charge is 0.373 e. The quantitative estimate of drug-likeness (QED) is 0.375. The van der Waals surface area contributed by atoms with Crippen LogP contribution in [0, 0.1) is 0 Å². The van der Waals surface area contributed by atoms with Gasteiger partial charge in [-0.1, -0.05) is 11.6 Å². The molecule has 1 atom stereocenters. The van der Waals surface area contributed by atoms with Crippen molar-refractivity contribution < 1.29 is 38.2 Å². The van der Waals surface area contributed by atoms with Crippen LogP contribution in [0.3, 0.4) is 0 Å². The molecule has 3 rings (SSSR count). The van der Waals surface area contributed by atoms with Gasteiger partial charge < -0.3 is 24.3 Å². The monoisotopic (exact) mass is 448 g/mol. The molecule has 0 spiro atoms. The fraction of sp³-hybridized carbons (Fsp3) is 0.200. The van der Waals surface area contributed by atoms with E-state index in [2.05, 4.69) is 10.1 Å². The number of hydrogen-bond donors (Lipinski definition) is 2. The Balaban J connectivity index is 1.83. The fourth-order valence-corrected chi connectivity index (χ4v) is 2.86. The summed E-state index contributed by atoms with van der Waals surface area (Å²) in [6.45, 7) is 1.14. The van der Waals surface area contributed by atoms with Crippen molar-refractivity contribution in [3.05, 3.63) is 58.1 Å². The van der Waals surface area contributed by atoms with E-state index < -0.39 is 30.0 Å². The molecule has 1 aromatic heterocycles. The third-order valence-electron chi connectivity index (χ3n) is 4.25. The Hall–Kier alpha value is -3.79. The Bertz CT molecular complexity index is 1090. The zero-order chi connectivity index (χ0) is 22.7. The maximum absolute atomic E-state index is 12.7. The van der Waals surface area contributed by atoms with E-state index in [4.69, 9.17) is 25.9 Å². The molecule has 31 heavy (non-hydrogen) atoms. The number of methoxy groups -OCH3 is 1. The summed E-state index contributed by atoms with van der Waals surface area (Å²) in [6.07, 6.45) is 0.185. The summed E-state index contributed by atoms with van der Waals surface area (Å²) in [7, 11) is 1.20. The minimum Gasteiger partial charge on any atom is -0.479 e. The standard InChI is InChI=1S/C20H17ClN2O8/c1-10(18(25)26)30-15-5-3-12(21)7-11(15)8-14-17(24)23(20(28)22-14)9-13-4-6-16(31-13)19(27)29-2/h3-8,10H,9H2,1-2H3,(H,22,28)(H,25,26)/b14-8-/t10-/m1/s1. The van der Waals surface area contributed by atoms with Crippen LogP contribution in [0.2, 0.25) is 5.02 Å². The topological polar surface area (TPSA) is 135 Å². The van der Waals surface area contributed by atoms with E-state index in [0.29, 0.717) is 10.6 Å². The number of amides is 3. The molecule has 11 heteroatoms. The molecular formula is C20H17ClN2O8. The van der Waals surface area contributed by atoms with Gasteiger partial charge in [0.2, 0.25) is 5.76 Å². The van der Waals surface area contributed by atoms with Gasteiger partial charge in [0.1, 0.15) is 17.2 Å². The Morgan fingerprint density at radius 2 is 2.03 bits per heavy atom. The van der Waals surface area contributed by atoms with Gasteiger partial charge in [-0.05, 0) is 43.3 Å². The van der Waals surface area contributed by atoms with Gasteiger partial charge in [-0.25, -0.2) is 14.4 Å². The van der Waals surface area contributed by atoms with Crippen molar-refractivity contribution in [2.75, 3.05) is 7.11 Å². The number of halogens is 1. The van der Waals surface area contributed by atoms with Gasteiger partial charge in [0.05, 0.1) is 13.7 Å². The number of nitrogens with one attached hydrogen (secondary N) is 1. The molecule has 1 aliphatic rings. The number of aliphatic carboxylic acids is 1. The van der Waals surface area contributed by atoms with E-state index >= 15 is 0 Å². The summed E-state index contributed by atoms with van der Waals surface area (Å²) < 4.78 is 15.2. The zero-order valence-corrected chi connectivity index (χ0v) is 17.1. The van der Waals surface area contributed by atoms with Gasteiger partial charge in [0.25, 0.3) is 5.91 Å². The lowest BCUT2D eigenvalue weighted by Crippen LogP contribution is -2.30. The van der Waals surface area contributed by atoms with Gasteiger partial charge in [0, 0.05) is 10.6 Å². The fourth-order valence-electron chi connectivity index (χ4n) is 2.68. The normalized spacial score (nSPS) is 15.7. The number of furan rings is 1. The highest BCUT2D eigenvalue weighted by Gasteiger charge is 2.34. The summed E-state index contributed by atoms with van der Waals surface area (Å²) in [6, 6.07) is 6.56. The third kappa shape index (κ3) is 4.86. The Kier molecular flexibility index (Phi) is 6.30. The molecule has 1 fully saturated rings. The molecule has 2 aromatic rings. The third-order valence-corrected chi connectivity index (χ3v) is 4.48. The first kappa shape index (κ1) is 21.9. The summed E-state index contributed by atoms with van der Waals surface area (Å²) in [5.41, 5.74) is 0.233. The molecular weight excluding hydrogens is 432 g/mol. The SMILES string of the molecule is COC(=O)c1ccc(CN2C(=O)N/C(=C\c3cc(Cl)ccc3O[C@H](C)C(=O)O)C2=O)o1. The summed E-state index contributed by atoms with van der Waals surface area (Å²) in [5, 5.41) is 11.8. The predicted octanol–water partition coefficient (Wildman–Crippen LogP) is 2.66. The molecule has 0 aliphatic carbocycles. The van der Waals surface area contributed by atoms with Crippen LogP contribution in [0.25, 0.3) is 6.08 Å². The molecule has 0 saturated carbocycles. The highest BCUT2D eigenvalue weighted by molar-refractivity contribution is 6.30. The minimum absolute atomic E-state index is 0.0615. The molecule has 2 N–H and O–H groups in total. The number of ether oxygens (including phenoxy) is 2. The second-order valence-electron chi connectivity index (χ2n) is 6.42. The highest BCUT2D eigenvalue weighted by Crippen LogP contribution is 2.27. The largest absolute Gasteiger partial charge is 0.479 e. The first-order valence-electron chi connectivity index (χ1n) is 8.90. The molecule has 1 aromatic carbocycles. The number of urea groups is 1. The molecule has 162 valence electrons. The number of carboxylic acid groups (broad SMARTS) is 1. The number of carbonyl (C=O) groups is 4. The summed E-state index contributed by atoms with van der Waals surface area (Å²) >= 11 is 6.01. The summed E-state index contributed by atoms with van der Waals surface area (Å²) in [4.78, 5) is 48.5. The van der Waals surface area contributed by atoms with Crippen LogP contribution in [0.4, 0.5) is 4.79 Å². The summed E-state index contributed by atoms with van der Waals surface area (Å²) in [5.74, 6) is -2.21. The maximum atomic E-state index is 12.7. The van der Waals surface area contributed by atoms with Crippen LogP contribution >= 0.6 is 11.6 Å². The van der Waals surface area contributed by atoms with Gasteiger partial charge in [0.15, 0.2) is 6.10 Å². The van der Waals surface area contributed by atoms with Crippen molar-refractivity contribution in [3.63, 3.8) is 0 Å². The molecule has 0 unspecified atom stereocenters. The second kappa shape index (κ2) is 8.92. The lowest BCUT2D eigenvalue weighted by molar-refractivity contribution is -0.144. The maximum Gasteiger partial charge on any atom is 0.373 e. The van der Waals surface area contributed by atoms with E-state index in [1.54, 1.807) is 0 Å².